The van der Waals surface area contributed by atoms with Crippen molar-refractivity contribution in [3.05, 3.63) is 64.3 Å². The fourth-order valence-corrected chi connectivity index (χ4v) is 4.70. The topological polar surface area (TPSA) is 80.2 Å². The Morgan fingerprint density at radius 3 is 2.69 bits per heavy atom. The van der Waals surface area contributed by atoms with Crippen molar-refractivity contribution in [3.8, 4) is 17.0 Å². The second-order valence-corrected chi connectivity index (χ2v) is 10.00. The molecule has 0 spiro atoms. The number of ether oxygens (including phenoxy) is 1. The highest BCUT2D eigenvalue weighted by molar-refractivity contribution is 6.33. The van der Waals surface area contributed by atoms with Crippen molar-refractivity contribution in [3.63, 3.8) is 0 Å². The number of amides is 2. The maximum absolute atomic E-state index is 12.5. The van der Waals surface area contributed by atoms with Crippen LogP contribution in [-0.4, -0.2) is 34.5 Å². The first-order valence-electron chi connectivity index (χ1n) is 11.8. The van der Waals surface area contributed by atoms with Gasteiger partial charge in [0, 0.05) is 35.4 Å². The van der Waals surface area contributed by atoms with E-state index in [2.05, 4.69) is 28.0 Å². The SMILES string of the molecule is Cn1ncc(Cl)c1-c1cc(NC(=O)NCc2ccc(Cl)cc2)ccc1OCCC1(C)CCCCN1. The van der Waals surface area contributed by atoms with Gasteiger partial charge in [-0.05, 0) is 68.6 Å². The van der Waals surface area contributed by atoms with Crippen LogP contribution in [0.5, 0.6) is 5.75 Å². The average Bonchev–Trinajstić information content (AvgIpc) is 3.17. The number of nitrogens with one attached hydrogen (secondary N) is 3. The van der Waals surface area contributed by atoms with E-state index in [1.165, 1.54) is 12.8 Å². The molecule has 3 aromatic rings. The van der Waals surface area contributed by atoms with Gasteiger partial charge < -0.3 is 20.7 Å². The first-order valence-corrected chi connectivity index (χ1v) is 12.6. The van der Waals surface area contributed by atoms with Crippen molar-refractivity contribution >= 4 is 34.9 Å². The van der Waals surface area contributed by atoms with E-state index in [0.29, 0.717) is 34.6 Å². The molecule has 3 N–H and O–H groups in total. The van der Waals surface area contributed by atoms with E-state index < -0.39 is 0 Å². The maximum atomic E-state index is 12.5. The zero-order valence-corrected chi connectivity index (χ0v) is 21.5. The van der Waals surface area contributed by atoms with E-state index in [9.17, 15) is 4.79 Å². The molecular weight excluding hydrogens is 485 g/mol. The fraction of sp³-hybridized carbons (Fsp3) is 0.385. The van der Waals surface area contributed by atoms with Gasteiger partial charge in [0.05, 0.1) is 23.5 Å². The van der Waals surface area contributed by atoms with Gasteiger partial charge in [-0.25, -0.2) is 4.79 Å². The molecule has 1 aliphatic heterocycles. The number of carbonyl (C=O) groups excluding carboxylic acids is 1. The van der Waals surface area contributed by atoms with Crippen LogP contribution < -0.4 is 20.7 Å². The summed E-state index contributed by atoms with van der Waals surface area (Å²) in [5.74, 6) is 0.696. The number of benzene rings is 2. The van der Waals surface area contributed by atoms with Crippen LogP contribution >= 0.6 is 23.2 Å². The van der Waals surface area contributed by atoms with Crippen molar-refractivity contribution in [1.29, 1.82) is 0 Å². The number of halogens is 2. The standard InChI is InChI=1S/C26H31Cl2N5O2/c1-26(11-3-4-13-30-26)12-14-35-23-10-9-20(15-21(23)24-22(28)17-31-33(24)2)32-25(34)29-16-18-5-7-19(27)8-6-18/h5-10,15,17,30H,3-4,11-14,16H2,1-2H3,(H2,29,32,34). The minimum Gasteiger partial charge on any atom is -0.493 e. The number of anilines is 1. The van der Waals surface area contributed by atoms with Gasteiger partial charge in [-0.2, -0.15) is 5.10 Å². The Labute approximate surface area is 216 Å². The average molecular weight is 516 g/mol. The Hall–Kier alpha value is -2.74. The van der Waals surface area contributed by atoms with Crippen LogP contribution in [0, 0.1) is 0 Å². The minimum atomic E-state index is -0.313. The lowest BCUT2D eigenvalue weighted by molar-refractivity contribution is 0.204. The summed E-state index contributed by atoms with van der Waals surface area (Å²) in [4.78, 5) is 12.5. The number of hydrogen-bond acceptors (Lipinski definition) is 4. The number of nitrogens with zero attached hydrogens (tertiary/aromatic N) is 2. The predicted octanol–water partition coefficient (Wildman–Crippen LogP) is 6.02. The second-order valence-electron chi connectivity index (χ2n) is 9.15. The molecule has 35 heavy (non-hydrogen) atoms. The van der Waals surface area contributed by atoms with Crippen molar-refractivity contribution < 1.29 is 9.53 Å². The molecule has 1 unspecified atom stereocenters. The van der Waals surface area contributed by atoms with Gasteiger partial charge in [-0.15, -0.1) is 0 Å². The molecule has 0 bridgehead atoms. The third-order valence-electron chi connectivity index (χ3n) is 6.37. The molecule has 1 aromatic heterocycles. The number of carbonyl (C=O) groups is 1. The molecule has 0 aliphatic carbocycles. The van der Waals surface area contributed by atoms with Crippen molar-refractivity contribution in [2.75, 3.05) is 18.5 Å². The summed E-state index contributed by atoms with van der Waals surface area (Å²) in [6, 6.07) is 12.6. The van der Waals surface area contributed by atoms with Crippen LogP contribution in [0.3, 0.4) is 0 Å². The monoisotopic (exact) mass is 515 g/mol. The molecule has 1 atom stereocenters. The Morgan fingerprint density at radius 2 is 2.00 bits per heavy atom. The summed E-state index contributed by atoms with van der Waals surface area (Å²) in [5.41, 5.74) is 3.17. The van der Waals surface area contributed by atoms with E-state index in [4.69, 9.17) is 27.9 Å². The summed E-state index contributed by atoms with van der Waals surface area (Å²) >= 11 is 12.4. The van der Waals surface area contributed by atoms with E-state index in [0.717, 1.165) is 36.2 Å². The molecule has 0 saturated carbocycles. The van der Waals surface area contributed by atoms with Crippen LogP contribution in [0.25, 0.3) is 11.3 Å². The zero-order chi connectivity index (χ0) is 24.8. The first kappa shape index (κ1) is 25.4. The molecule has 7 nitrogen and oxygen atoms in total. The Morgan fingerprint density at radius 1 is 1.20 bits per heavy atom. The van der Waals surface area contributed by atoms with E-state index in [-0.39, 0.29) is 11.6 Å². The molecule has 186 valence electrons. The third kappa shape index (κ3) is 6.69. The number of piperidine rings is 1. The van der Waals surface area contributed by atoms with Gasteiger partial charge in [0.2, 0.25) is 0 Å². The molecule has 1 aliphatic rings. The van der Waals surface area contributed by atoms with Crippen molar-refractivity contribution in [2.45, 2.75) is 44.7 Å². The summed E-state index contributed by atoms with van der Waals surface area (Å²) in [7, 11) is 1.83. The molecule has 2 aromatic carbocycles. The molecule has 4 rings (SSSR count). The normalized spacial score (nSPS) is 17.7. The number of urea groups is 1. The van der Waals surface area contributed by atoms with Gasteiger partial charge in [0.1, 0.15) is 5.75 Å². The smallest absolute Gasteiger partial charge is 0.319 e. The minimum absolute atomic E-state index is 0.0895. The van der Waals surface area contributed by atoms with Gasteiger partial charge in [0.25, 0.3) is 0 Å². The lowest BCUT2D eigenvalue weighted by Crippen LogP contribution is -2.46. The lowest BCUT2D eigenvalue weighted by atomic mass is 9.88. The Kier molecular flexibility index (Phi) is 8.21. The number of aromatic nitrogens is 2. The van der Waals surface area contributed by atoms with E-state index >= 15 is 0 Å². The lowest BCUT2D eigenvalue weighted by Gasteiger charge is -2.35. The summed E-state index contributed by atoms with van der Waals surface area (Å²) in [5, 5.41) is 14.8. The molecule has 2 heterocycles. The van der Waals surface area contributed by atoms with Crippen LogP contribution in [0.1, 0.15) is 38.2 Å². The van der Waals surface area contributed by atoms with Crippen molar-refractivity contribution in [1.82, 2.24) is 20.4 Å². The summed E-state index contributed by atoms with van der Waals surface area (Å²) in [6.45, 7) is 4.26. The molecule has 2 amide bonds. The highest BCUT2D eigenvalue weighted by Gasteiger charge is 2.26. The zero-order valence-electron chi connectivity index (χ0n) is 20.0. The first-order chi connectivity index (χ1) is 16.8. The van der Waals surface area contributed by atoms with E-state index in [1.807, 2.05) is 37.4 Å². The number of aryl methyl sites for hydroxylation is 1. The van der Waals surface area contributed by atoms with Gasteiger partial charge in [-0.1, -0.05) is 41.8 Å². The third-order valence-corrected chi connectivity index (χ3v) is 6.90. The maximum Gasteiger partial charge on any atom is 0.319 e. The quantitative estimate of drug-likeness (QED) is 0.342. The largest absolute Gasteiger partial charge is 0.493 e. The second kappa shape index (κ2) is 11.3. The Bertz CT molecular complexity index is 1140. The highest BCUT2D eigenvalue weighted by atomic mass is 35.5. The highest BCUT2D eigenvalue weighted by Crippen LogP contribution is 2.37. The van der Waals surface area contributed by atoms with Gasteiger partial charge in [0.15, 0.2) is 0 Å². The summed E-state index contributed by atoms with van der Waals surface area (Å²) < 4.78 is 7.94. The van der Waals surface area contributed by atoms with Crippen LogP contribution in [0.4, 0.5) is 10.5 Å². The Balaban J connectivity index is 1.46. The number of hydrogen-bond donors (Lipinski definition) is 3. The molecular formula is C26H31Cl2N5O2. The summed E-state index contributed by atoms with van der Waals surface area (Å²) in [6.07, 6.45) is 6.11. The molecule has 9 heteroatoms. The van der Waals surface area contributed by atoms with E-state index in [1.54, 1.807) is 23.0 Å². The van der Waals surface area contributed by atoms with Gasteiger partial charge in [-0.3, -0.25) is 4.68 Å². The molecule has 1 fully saturated rings. The predicted molar refractivity (Wildman–Crippen MR) is 141 cm³/mol. The van der Waals surface area contributed by atoms with Crippen LogP contribution in [-0.2, 0) is 13.6 Å². The van der Waals surface area contributed by atoms with Gasteiger partial charge >= 0.3 is 6.03 Å². The molecule has 0 radical (unpaired) electrons. The molecule has 1 saturated heterocycles. The van der Waals surface area contributed by atoms with Crippen LogP contribution in [0.15, 0.2) is 48.7 Å². The van der Waals surface area contributed by atoms with Crippen molar-refractivity contribution in [2.24, 2.45) is 7.05 Å². The fourth-order valence-electron chi connectivity index (χ4n) is 4.31. The van der Waals surface area contributed by atoms with Crippen LogP contribution in [0.2, 0.25) is 10.0 Å². The number of rotatable bonds is 8.